The lowest BCUT2D eigenvalue weighted by atomic mass is 10.3. The number of rotatable bonds is 1. The summed E-state index contributed by atoms with van der Waals surface area (Å²) in [4.78, 5) is 6.00. The minimum atomic E-state index is -0.755. The highest BCUT2D eigenvalue weighted by Gasteiger charge is 2.32. The van der Waals surface area contributed by atoms with Crippen LogP contribution >= 0.6 is 0 Å². The maximum atomic E-state index is 9.47. The Kier molecular flexibility index (Phi) is 2.20. The van der Waals surface area contributed by atoms with E-state index in [2.05, 4.69) is 4.98 Å². The van der Waals surface area contributed by atoms with Crippen LogP contribution in [0.2, 0.25) is 0 Å². The number of benzene rings is 1. The molecule has 17 heavy (non-hydrogen) atoms. The summed E-state index contributed by atoms with van der Waals surface area (Å²) < 4.78 is 5.54. The van der Waals surface area contributed by atoms with Gasteiger partial charge >= 0.3 is 0 Å². The topological polar surface area (TPSA) is 95.8 Å². The van der Waals surface area contributed by atoms with E-state index in [-0.39, 0.29) is 0 Å². The Morgan fingerprint density at radius 1 is 1.29 bits per heavy atom. The van der Waals surface area contributed by atoms with Crippen LogP contribution in [0.15, 0.2) is 22.6 Å². The van der Waals surface area contributed by atoms with Gasteiger partial charge in [-0.2, -0.15) is 4.98 Å². The number of β-amino-alcohol motifs (C(OH)–C–C–N with tert-alkyl or cyclic N) is 2. The fraction of sp³-hybridized carbons (Fsp3) is 0.364. The van der Waals surface area contributed by atoms with Crippen LogP contribution in [0.5, 0.6) is 0 Å². The highest BCUT2D eigenvalue weighted by atomic mass is 16.4. The average Bonchev–Trinajstić information content (AvgIpc) is 2.83. The summed E-state index contributed by atoms with van der Waals surface area (Å²) in [6.07, 6.45) is -1.51. The van der Waals surface area contributed by atoms with Crippen molar-refractivity contribution in [2.45, 2.75) is 12.2 Å². The first-order valence-electron chi connectivity index (χ1n) is 5.40. The molecule has 0 amide bonds. The van der Waals surface area contributed by atoms with E-state index < -0.39 is 12.2 Å². The van der Waals surface area contributed by atoms with Crippen LogP contribution in [-0.2, 0) is 0 Å². The van der Waals surface area contributed by atoms with Crippen LogP contribution < -0.4 is 10.6 Å². The monoisotopic (exact) mass is 235 g/mol. The third-order valence-corrected chi connectivity index (χ3v) is 2.93. The van der Waals surface area contributed by atoms with Gasteiger partial charge in [-0.3, -0.25) is 0 Å². The Morgan fingerprint density at radius 3 is 2.71 bits per heavy atom. The van der Waals surface area contributed by atoms with E-state index in [1.165, 1.54) is 0 Å². The second-order valence-electron chi connectivity index (χ2n) is 4.26. The molecular weight excluding hydrogens is 222 g/mol. The van der Waals surface area contributed by atoms with Crippen LogP contribution in [-0.4, -0.2) is 40.5 Å². The lowest BCUT2D eigenvalue weighted by molar-refractivity contribution is 0.0572. The van der Waals surface area contributed by atoms with E-state index in [9.17, 15) is 10.2 Å². The molecule has 1 aliphatic rings. The number of nitrogens with zero attached hydrogens (tertiary/aromatic N) is 2. The molecule has 1 saturated heterocycles. The molecule has 6 nitrogen and oxygen atoms in total. The molecule has 0 spiro atoms. The molecule has 2 aromatic rings. The molecule has 1 fully saturated rings. The van der Waals surface area contributed by atoms with Gasteiger partial charge in [0, 0.05) is 5.69 Å². The largest absolute Gasteiger partial charge is 0.423 e. The number of nitrogens with two attached hydrogens (primary N) is 1. The van der Waals surface area contributed by atoms with Crippen molar-refractivity contribution in [3.8, 4) is 0 Å². The van der Waals surface area contributed by atoms with Crippen LogP contribution in [0.25, 0.3) is 11.1 Å². The molecule has 2 atom stereocenters. The van der Waals surface area contributed by atoms with Crippen molar-refractivity contribution < 1.29 is 14.6 Å². The van der Waals surface area contributed by atoms with Crippen molar-refractivity contribution in [2.24, 2.45) is 0 Å². The maximum Gasteiger partial charge on any atom is 0.298 e. The van der Waals surface area contributed by atoms with Crippen molar-refractivity contribution in [3.63, 3.8) is 0 Å². The summed E-state index contributed by atoms with van der Waals surface area (Å²) in [5, 5.41) is 18.9. The number of hydrogen-bond acceptors (Lipinski definition) is 6. The summed E-state index contributed by atoms with van der Waals surface area (Å²) in [5.74, 6) is 0. The lowest BCUT2D eigenvalue weighted by Crippen LogP contribution is -2.22. The predicted molar refractivity (Wildman–Crippen MR) is 62.6 cm³/mol. The van der Waals surface area contributed by atoms with E-state index in [1.807, 2.05) is 0 Å². The third-order valence-electron chi connectivity index (χ3n) is 2.93. The van der Waals surface area contributed by atoms with Crippen molar-refractivity contribution >= 4 is 22.8 Å². The lowest BCUT2D eigenvalue weighted by Gasteiger charge is -2.10. The number of aromatic nitrogens is 1. The standard InChI is InChI=1S/C11H13N3O3/c12-6-1-2-10-7(3-6)13-11(17-10)14-4-8(15)9(16)5-14/h1-3,8-9,15-16H,4-5,12H2. The molecule has 90 valence electrons. The zero-order valence-corrected chi connectivity index (χ0v) is 9.08. The zero-order valence-electron chi connectivity index (χ0n) is 9.08. The summed E-state index contributed by atoms with van der Waals surface area (Å²) >= 11 is 0. The molecule has 1 aromatic carbocycles. The third kappa shape index (κ3) is 1.71. The molecule has 1 aromatic heterocycles. The Bertz CT molecular complexity index is 544. The number of anilines is 2. The van der Waals surface area contributed by atoms with Gasteiger partial charge in [0.15, 0.2) is 5.58 Å². The fourth-order valence-corrected chi connectivity index (χ4v) is 1.99. The Balaban J connectivity index is 1.96. The van der Waals surface area contributed by atoms with Crippen molar-refractivity contribution in [3.05, 3.63) is 18.2 Å². The zero-order chi connectivity index (χ0) is 12.0. The van der Waals surface area contributed by atoms with Crippen LogP contribution in [0.1, 0.15) is 0 Å². The minimum Gasteiger partial charge on any atom is -0.423 e. The van der Waals surface area contributed by atoms with Gasteiger partial charge in [-0.1, -0.05) is 0 Å². The number of aliphatic hydroxyl groups excluding tert-OH is 2. The number of oxazole rings is 1. The summed E-state index contributed by atoms with van der Waals surface area (Å²) in [6, 6.07) is 5.63. The smallest absolute Gasteiger partial charge is 0.298 e. The summed E-state index contributed by atoms with van der Waals surface area (Å²) in [6.45, 7) is 0.646. The van der Waals surface area contributed by atoms with E-state index in [1.54, 1.807) is 23.1 Å². The maximum absolute atomic E-state index is 9.47. The second-order valence-corrected chi connectivity index (χ2v) is 4.26. The van der Waals surface area contributed by atoms with Crippen LogP contribution in [0.4, 0.5) is 11.7 Å². The van der Waals surface area contributed by atoms with Gasteiger partial charge in [-0.05, 0) is 18.2 Å². The second kappa shape index (κ2) is 3.61. The van der Waals surface area contributed by atoms with E-state index in [4.69, 9.17) is 10.2 Å². The van der Waals surface area contributed by atoms with Gasteiger partial charge in [0.05, 0.1) is 25.3 Å². The number of nitrogen functional groups attached to an aromatic ring is 1. The quantitative estimate of drug-likeness (QED) is 0.600. The van der Waals surface area contributed by atoms with Crippen LogP contribution in [0, 0.1) is 0 Å². The number of fused-ring (bicyclic) bond motifs is 1. The molecule has 3 rings (SSSR count). The van der Waals surface area contributed by atoms with Gasteiger partial charge in [-0.15, -0.1) is 0 Å². The highest BCUT2D eigenvalue weighted by molar-refractivity contribution is 5.78. The normalized spacial score (nSPS) is 24.7. The molecule has 0 bridgehead atoms. The Morgan fingerprint density at radius 2 is 2.00 bits per heavy atom. The molecule has 0 radical (unpaired) electrons. The first-order chi connectivity index (χ1) is 8.13. The first kappa shape index (κ1) is 10.4. The number of aliphatic hydroxyl groups is 2. The predicted octanol–water partition coefficient (Wildman–Crippen LogP) is -0.0482. The van der Waals surface area contributed by atoms with Gasteiger partial charge in [0.2, 0.25) is 0 Å². The van der Waals surface area contributed by atoms with E-state index in [0.717, 1.165) is 0 Å². The van der Waals surface area contributed by atoms with Gasteiger partial charge in [0.25, 0.3) is 6.01 Å². The summed E-state index contributed by atoms with van der Waals surface area (Å²) in [7, 11) is 0. The molecule has 6 heteroatoms. The SMILES string of the molecule is Nc1ccc2oc(N3CC(O)C(O)C3)nc2c1. The molecule has 1 aliphatic heterocycles. The van der Waals surface area contributed by atoms with Gasteiger partial charge in [0.1, 0.15) is 5.52 Å². The van der Waals surface area contributed by atoms with Crippen molar-refractivity contribution in [1.29, 1.82) is 0 Å². The Labute approximate surface area is 97.3 Å². The number of hydrogen-bond donors (Lipinski definition) is 3. The molecule has 0 aliphatic carbocycles. The Hall–Kier alpha value is -1.79. The molecule has 2 unspecified atom stereocenters. The van der Waals surface area contributed by atoms with Gasteiger partial charge in [-0.25, -0.2) is 0 Å². The average molecular weight is 235 g/mol. The highest BCUT2D eigenvalue weighted by Crippen LogP contribution is 2.26. The molecule has 2 heterocycles. The summed E-state index contributed by atoms with van der Waals surface area (Å²) in [5.41, 5.74) is 7.60. The molecular formula is C11H13N3O3. The van der Waals surface area contributed by atoms with Crippen molar-refractivity contribution in [2.75, 3.05) is 23.7 Å². The molecule has 0 saturated carbocycles. The fourth-order valence-electron chi connectivity index (χ4n) is 1.99. The molecule has 4 N–H and O–H groups in total. The van der Waals surface area contributed by atoms with Crippen molar-refractivity contribution in [1.82, 2.24) is 4.98 Å². The van der Waals surface area contributed by atoms with Crippen LogP contribution in [0.3, 0.4) is 0 Å². The van der Waals surface area contributed by atoms with E-state index in [0.29, 0.717) is 35.9 Å². The van der Waals surface area contributed by atoms with E-state index >= 15 is 0 Å². The van der Waals surface area contributed by atoms with Gasteiger partial charge < -0.3 is 25.3 Å². The first-order valence-corrected chi connectivity index (χ1v) is 5.40. The minimum absolute atomic E-state index is 0.323.